The van der Waals surface area contributed by atoms with Crippen LogP contribution in [0.25, 0.3) is 0 Å². The summed E-state index contributed by atoms with van der Waals surface area (Å²) in [5.41, 5.74) is 2.12. The molecule has 0 unspecified atom stereocenters. The predicted molar refractivity (Wildman–Crippen MR) is 120 cm³/mol. The van der Waals surface area contributed by atoms with E-state index in [1.807, 2.05) is 48.5 Å². The van der Waals surface area contributed by atoms with E-state index in [-0.39, 0.29) is 24.7 Å². The Morgan fingerprint density at radius 1 is 1.17 bits per heavy atom. The molecule has 154 valence electrons. The molecule has 1 heterocycles. The van der Waals surface area contributed by atoms with Crippen molar-refractivity contribution in [2.45, 2.75) is 26.5 Å². The first-order chi connectivity index (χ1) is 14.1. The van der Waals surface area contributed by atoms with Crippen molar-refractivity contribution < 1.29 is 9.53 Å². The minimum atomic E-state index is -0.387. The van der Waals surface area contributed by atoms with Gasteiger partial charge in [0.05, 0.1) is 6.67 Å². The SMILES string of the molecule is CC(C)[C@@H](CSC1=NCN(c2ccccc2)CN1)NC(=O)OCc1ccccc1. The fourth-order valence-corrected chi connectivity index (χ4v) is 3.93. The number of amidine groups is 1. The fourth-order valence-electron chi connectivity index (χ4n) is 2.81. The summed E-state index contributed by atoms with van der Waals surface area (Å²) in [6.07, 6.45) is -0.387. The van der Waals surface area contributed by atoms with Crippen LogP contribution < -0.4 is 15.5 Å². The van der Waals surface area contributed by atoms with E-state index in [1.54, 1.807) is 11.8 Å². The van der Waals surface area contributed by atoms with Crippen molar-refractivity contribution in [3.63, 3.8) is 0 Å². The molecule has 7 heteroatoms. The summed E-state index contributed by atoms with van der Waals surface area (Å²) in [5.74, 6) is 1.02. The predicted octanol–water partition coefficient (Wildman–Crippen LogP) is 4.05. The van der Waals surface area contributed by atoms with Crippen LogP contribution in [0.5, 0.6) is 0 Å². The van der Waals surface area contributed by atoms with Gasteiger partial charge in [0.2, 0.25) is 0 Å². The van der Waals surface area contributed by atoms with Crippen molar-refractivity contribution in [3.8, 4) is 0 Å². The lowest BCUT2D eigenvalue weighted by Gasteiger charge is -2.29. The highest BCUT2D eigenvalue weighted by atomic mass is 32.2. The van der Waals surface area contributed by atoms with Crippen LogP contribution >= 0.6 is 11.8 Å². The number of hydrogen-bond acceptors (Lipinski definition) is 6. The molecule has 0 fully saturated rings. The highest BCUT2D eigenvalue weighted by molar-refractivity contribution is 8.13. The second kappa shape index (κ2) is 10.8. The van der Waals surface area contributed by atoms with Crippen molar-refractivity contribution in [3.05, 3.63) is 66.2 Å². The van der Waals surface area contributed by atoms with E-state index in [1.165, 1.54) is 0 Å². The van der Waals surface area contributed by atoms with Crippen LogP contribution in [0.3, 0.4) is 0 Å². The van der Waals surface area contributed by atoms with Gasteiger partial charge in [0.1, 0.15) is 13.3 Å². The molecular weight excluding hydrogens is 384 g/mol. The number of hydrogen-bond donors (Lipinski definition) is 2. The van der Waals surface area contributed by atoms with Crippen LogP contribution in [0.1, 0.15) is 19.4 Å². The molecule has 2 aromatic rings. The number of thioether (sulfide) groups is 1. The molecule has 1 aliphatic rings. The minimum absolute atomic E-state index is 0.0000683. The van der Waals surface area contributed by atoms with Crippen LogP contribution in [0.4, 0.5) is 10.5 Å². The number of ether oxygens (including phenoxy) is 1. The van der Waals surface area contributed by atoms with E-state index in [0.29, 0.717) is 6.67 Å². The van der Waals surface area contributed by atoms with Crippen LogP contribution in [0, 0.1) is 5.92 Å². The number of nitrogens with one attached hydrogen (secondary N) is 2. The second-order valence-electron chi connectivity index (χ2n) is 7.18. The first-order valence-electron chi connectivity index (χ1n) is 9.80. The van der Waals surface area contributed by atoms with Gasteiger partial charge in [-0.25, -0.2) is 9.79 Å². The Balaban J connectivity index is 1.44. The molecule has 6 nitrogen and oxygen atoms in total. The standard InChI is InChI=1S/C22H28N4O2S/c1-17(2)20(25-22(27)28-13-18-9-5-3-6-10-18)14-29-21-23-15-26(16-24-21)19-11-7-4-8-12-19/h3-12,17,20H,13-16H2,1-2H3,(H,23,24)(H,25,27)/t20-/m1/s1. The highest BCUT2D eigenvalue weighted by Crippen LogP contribution is 2.17. The van der Waals surface area contributed by atoms with Crippen molar-refractivity contribution >= 4 is 28.7 Å². The zero-order chi connectivity index (χ0) is 20.5. The van der Waals surface area contributed by atoms with Gasteiger partial charge in [-0.2, -0.15) is 0 Å². The molecule has 0 radical (unpaired) electrons. The second-order valence-corrected chi connectivity index (χ2v) is 8.19. The third-order valence-electron chi connectivity index (χ3n) is 4.65. The molecule has 0 bridgehead atoms. The average Bonchev–Trinajstić information content (AvgIpc) is 2.76. The summed E-state index contributed by atoms with van der Waals surface area (Å²) in [7, 11) is 0. The Hall–Kier alpha value is -2.67. The van der Waals surface area contributed by atoms with E-state index < -0.39 is 0 Å². The molecule has 0 saturated carbocycles. The van der Waals surface area contributed by atoms with Gasteiger partial charge in [-0.3, -0.25) is 0 Å². The third kappa shape index (κ3) is 6.71. The molecule has 0 aliphatic carbocycles. The lowest BCUT2D eigenvalue weighted by Crippen LogP contribution is -2.44. The first kappa shape index (κ1) is 21.0. The zero-order valence-electron chi connectivity index (χ0n) is 16.9. The average molecular weight is 413 g/mol. The van der Waals surface area contributed by atoms with E-state index in [0.717, 1.165) is 28.8 Å². The Morgan fingerprint density at radius 3 is 2.48 bits per heavy atom. The highest BCUT2D eigenvalue weighted by Gasteiger charge is 2.20. The Kier molecular flexibility index (Phi) is 7.81. The van der Waals surface area contributed by atoms with E-state index in [9.17, 15) is 4.79 Å². The van der Waals surface area contributed by atoms with Crippen LogP contribution in [-0.2, 0) is 11.3 Å². The van der Waals surface area contributed by atoms with Gasteiger partial charge in [-0.05, 0) is 23.6 Å². The van der Waals surface area contributed by atoms with Crippen molar-refractivity contribution in [1.29, 1.82) is 0 Å². The van der Waals surface area contributed by atoms with Crippen LogP contribution in [-0.4, -0.2) is 36.4 Å². The van der Waals surface area contributed by atoms with Gasteiger partial charge in [-0.15, -0.1) is 0 Å². The Morgan fingerprint density at radius 2 is 1.86 bits per heavy atom. The van der Waals surface area contributed by atoms with Crippen molar-refractivity contribution in [1.82, 2.24) is 10.6 Å². The van der Waals surface area contributed by atoms with Crippen molar-refractivity contribution in [2.24, 2.45) is 10.9 Å². The maximum absolute atomic E-state index is 12.2. The van der Waals surface area contributed by atoms with Gasteiger partial charge < -0.3 is 20.3 Å². The van der Waals surface area contributed by atoms with E-state index in [2.05, 4.69) is 46.5 Å². The Labute approximate surface area is 176 Å². The van der Waals surface area contributed by atoms with Gasteiger partial charge in [0.15, 0.2) is 5.17 Å². The molecule has 2 aromatic carbocycles. The Bertz CT molecular complexity index is 799. The van der Waals surface area contributed by atoms with Gasteiger partial charge in [0, 0.05) is 17.5 Å². The number of aliphatic imine (C=N–C) groups is 1. The number of anilines is 1. The summed E-state index contributed by atoms with van der Waals surface area (Å²) >= 11 is 1.63. The number of nitrogens with zero attached hydrogens (tertiary/aromatic N) is 2. The molecule has 2 N–H and O–H groups in total. The molecular formula is C22H28N4O2S. The quantitative estimate of drug-likeness (QED) is 0.718. The minimum Gasteiger partial charge on any atom is -0.445 e. The number of para-hydroxylation sites is 1. The van der Waals surface area contributed by atoms with Gasteiger partial charge in [0.25, 0.3) is 0 Å². The fraction of sp³-hybridized carbons (Fsp3) is 0.364. The lowest BCUT2D eigenvalue weighted by molar-refractivity contribution is 0.134. The zero-order valence-corrected chi connectivity index (χ0v) is 17.7. The summed E-state index contributed by atoms with van der Waals surface area (Å²) in [4.78, 5) is 19.0. The molecule has 29 heavy (non-hydrogen) atoms. The number of alkyl carbamates (subject to hydrolysis) is 1. The largest absolute Gasteiger partial charge is 0.445 e. The summed E-state index contributed by atoms with van der Waals surface area (Å²) in [5, 5.41) is 7.25. The van der Waals surface area contributed by atoms with Crippen LogP contribution in [0.2, 0.25) is 0 Å². The summed E-state index contributed by atoms with van der Waals surface area (Å²) in [6.45, 7) is 5.80. The molecule has 1 atom stereocenters. The number of benzene rings is 2. The number of amides is 1. The topological polar surface area (TPSA) is 66.0 Å². The van der Waals surface area contributed by atoms with Crippen LogP contribution in [0.15, 0.2) is 65.7 Å². The maximum atomic E-state index is 12.2. The molecule has 0 spiro atoms. The molecule has 1 aliphatic heterocycles. The monoisotopic (exact) mass is 412 g/mol. The lowest BCUT2D eigenvalue weighted by atomic mass is 10.1. The van der Waals surface area contributed by atoms with E-state index >= 15 is 0 Å². The number of rotatable bonds is 7. The molecule has 1 amide bonds. The molecule has 0 saturated heterocycles. The third-order valence-corrected chi connectivity index (χ3v) is 5.72. The van der Waals surface area contributed by atoms with Crippen molar-refractivity contribution in [2.75, 3.05) is 24.0 Å². The van der Waals surface area contributed by atoms with Gasteiger partial charge in [-0.1, -0.05) is 74.1 Å². The number of carbonyl (C=O) groups is 1. The summed E-state index contributed by atoms with van der Waals surface area (Å²) in [6, 6.07) is 19.9. The maximum Gasteiger partial charge on any atom is 0.407 e. The van der Waals surface area contributed by atoms with E-state index in [4.69, 9.17) is 4.74 Å². The molecule has 3 rings (SSSR count). The summed E-state index contributed by atoms with van der Waals surface area (Å²) < 4.78 is 5.35. The normalized spacial score (nSPS) is 14.7. The smallest absolute Gasteiger partial charge is 0.407 e. The molecule has 0 aromatic heterocycles. The number of carbonyl (C=O) groups excluding carboxylic acids is 1. The van der Waals surface area contributed by atoms with Gasteiger partial charge >= 0.3 is 6.09 Å². The first-order valence-corrected chi connectivity index (χ1v) is 10.8.